The largest absolute Gasteiger partial charge is 0.703 e. The van der Waals surface area contributed by atoms with Crippen LogP contribution in [0.4, 0.5) is 4.79 Å². The van der Waals surface area contributed by atoms with Gasteiger partial charge in [-0.25, -0.2) is 4.79 Å². The fraction of sp³-hybridized carbons (Fsp3) is 0.857. The van der Waals surface area contributed by atoms with Crippen LogP contribution in [0.15, 0.2) is 10.2 Å². The number of hydrogen-bond donors (Lipinski definition) is 1. The Morgan fingerprint density at radius 2 is 1.52 bits per heavy atom. The first-order valence-electron chi connectivity index (χ1n) is 6.10. The van der Waals surface area contributed by atoms with Crippen LogP contribution in [0.5, 0.6) is 0 Å². The number of amides is 1. The summed E-state index contributed by atoms with van der Waals surface area (Å²) < 4.78 is 4.41. The Kier molecular flexibility index (Phi) is 8.42. The van der Waals surface area contributed by atoms with Crippen molar-refractivity contribution in [2.75, 3.05) is 19.7 Å². The SMILES string of the molecule is [N-]=[N+]=NCC(CN=[N+]=[N-])NC(=O)OCCC([N+](=O)[O-])([N+](=O)[O-])[N+](=O)[O-]. The van der Waals surface area contributed by atoms with Crippen molar-refractivity contribution in [2.24, 2.45) is 10.2 Å². The average Bonchev–Trinajstić information content (AvgIpc) is 2.52. The zero-order valence-electron chi connectivity index (χ0n) is 12.2. The van der Waals surface area contributed by atoms with Crippen molar-refractivity contribution in [2.45, 2.75) is 18.2 Å². The summed E-state index contributed by atoms with van der Waals surface area (Å²) >= 11 is 0. The van der Waals surface area contributed by atoms with Gasteiger partial charge in [0.2, 0.25) is 6.42 Å². The summed E-state index contributed by atoms with van der Waals surface area (Å²) in [7, 11) is 0. The van der Waals surface area contributed by atoms with E-state index in [0.717, 1.165) is 0 Å². The van der Waals surface area contributed by atoms with E-state index < -0.39 is 45.7 Å². The third kappa shape index (κ3) is 6.00. The topological polar surface area (TPSA) is 265 Å². The molecule has 136 valence electrons. The molecule has 0 heterocycles. The van der Waals surface area contributed by atoms with E-state index in [4.69, 9.17) is 11.1 Å². The van der Waals surface area contributed by atoms with Crippen molar-refractivity contribution in [3.8, 4) is 0 Å². The van der Waals surface area contributed by atoms with Gasteiger partial charge < -0.3 is 10.1 Å². The van der Waals surface area contributed by atoms with E-state index in [2.05, 4.69) is 30.1 Å². The lowest BCUT2D eigenvalue weighted by molar-refractivity contribution is -0.970. The Hall–Kier alpha value is -3.91. The molecule has 0 unspecified atom stereocenters. The van der Waals surface area contributed by atoms with Gasteiger partial charge in [-0.15, -0.1) is 0 Å². The van der Waals surface area contributed by atoms with Crippen LogP contribution in [0, 0.1) is 30.3 Å². The molecule has 0 saturated heterocycles. The number of carbonyl (C=O) groups is 1. The molecular formula is C7H10N10O8. The Bertz CT molecular complexity index is 581. The summed E-state index contributed by atoms with van der Waals surface area (Å²) in [5.74, 6) is -3.75. The Morgan fingerprint density at radius 1 is 1.08 bits per heavy atom. The molecule has 0 bridgehead atoms. The number of nitro groups is 3. The zero-order valence-corrected chi connectivity index (χ0v) is 12.2. The molecule has 18 heteroatoms. The number of nitrogens with zero attached hydrogens (tertiary/aromatic N) is 9. The zero-order chi connectivity index (χ0) is 19.5. The third-order valence-electron chi connectivity index (χ3n) is 2.60. The molecule has 0 radical (unpaired) electrons. The van der Waals surface area contributed by atoms with E-state index in [9.17, 15) is 35.1 Å². The van der Waals surface area contributed by atoms with Crippen molar-refractivity contribution in [1.82, 2.24) is 5.32 Å². The predicted molar refractivity (Wildman–Crippen MR) is 74.6 cm³/mol. The van der Waals surface area contributed by atoms with Gasteiger partial charge in [0, 0.05) is 29.0 Å². The molecule has 0 spiro atoms. The number of hydrogen-bond acceptors (Lipinski definition) is 10. The number of carbonyl (C=O) groups excluding carboxylic acids is 1. The van der Waals surface area contributed by atoms with Crippen LogP contribution in [0.1, 0.15) is 6.42 Å². The van der Waals surface area contributed by atoms with E-state index in [-0.39, 0.29) is 13.1 Å². The Labute approximate surface area is 136 Å². The van der Waals surface area contributed by atoms with Crippen molar-refractivity contribution in [3.05, 3.63) is 51.2 Å². The Morgan fingerprint density at radius 3 is 1.88 bits per heavy atom. The number of rotatable bonds is 11. The fourth-order valence-corrected chi connectivity index (χ4v) is 1.38. The Balaban J connectivity index is 4.82. The number of alkyl carbamates (subject to hydrolysis) is 1. The van der Waals surface area contributed by atoms with Crippen molar-refractivity contribution in [1.29, 1.82) is 0 Å². The number of ether oxygens (including phenoxy) is 1. The van der Waals surface area contributed by atoms with E-state index in [1.54, 1.807) is 0 Å². The molecule has 0 atom stereocenters. The molecule has 0 saturated carbocycles. The lowest BCUT2D eigenvalue weighted by Gasteiger charge is -2.14. The quantitative estimate of drug-likeness (QED) is 0.135. The molecular weight excluding hydrogens is 352 g/mol. The van der Waals surface area contributed by atoms with Crippen molar-refractivity contribution >= 4 is 6.09 Å². The van der Waals surface area contributed by atoms with E-state index in [0.29, 0.717) is 0 Å². The summed E-state index contributed by atoms with van der Waals surface area (Å²) in [4.78, 5) is 43.2. The molecule has 0 fully saturated rings. The minimum Gasteiger partial charge on any atom is -0.449 e. The monoisotopic (exact) mass is 362 g/mol. The van der Waals surface area contributed by atoms with Crippen LogP contribution in [0.2, 0.25) is 0 Å². The highest BCUT2D eigenvalue weighted by Gasteiger charge is 2.70. The lowest BCUT2D eigenvalue weighted by atomic mass is 10.3. The molecule has 1 N–H and O–H groups in total. The van der Waals surface area contributed by atoms with Gasteiger partial charge in [-0.05, 0) is 11.1 Å². The second kappa shape index (κ2) is 9.98. The van der Waals surface area contributed by atoms with Gasteiger partial charge >= 0.3 is 11.9 Å². The highest BCUT2D eigenvalue weighted by Crippen LogP contribution is 2.17. The summed E-state index contributed by atoms with van der Waals surface area (Å²) in [6.07, 6.45) is -2.60. The minimum absolute atomic E-state index is 0.326. The first kappa shape index (κ1) is 21.1. The van der Waals surface area contributed by atoms with E-state index in [1.165, 1.54) is 0 Å². The highest BCUT2D eigenvalue weighted by atomic mass is 16.7. The van der Waals surface area contributed by atoms with E-state index in [1.807, 2.05) is 0 Å². The fourth-order valence-electron chi connectivity index (χ4n) is 1.38. The minimum atomic E-state index is -3.75. The molecule has 25 heavy (non-hydrogen) atoms. The standard InChI is InChI=1S/C7H10N10O8/c8-13-10-3-5(4-11-14-9)12-6(18)25-2-1-7(15(19)20,16(21)22)17(23)24/h5H,1-4H2,(H,12,18). The second-order valence-electron chi connectivity index (χ2n) is 4.10. The molecule has 18 nitrogen and oxygen atoms in total. The summed E-state index contributed by atoms with van der Waals surface area (Å²) in [6, 6.07) is -0.981. The summed E-state index contributed by atoms with van der Waals surface area (Å²) in [6.45, 7) is -1.68. The molecule has 0 aromatic carbocycles. The van der Waals surface area contributed by atoms with Gasteiger partial charge in [-0.3, -0.25) is 30.3 Å². The van der Waals surface area contributed by atoms with Crippen LogP contribution in [0.3, 0.4) is 0 Å². The normalized spacial score (nSPS) is 11.2. The van der Waals surface area contributed by atoms with Crippen LogP contribution < -0.4 is 5.32 Å². The van der Waals surface area contributed by atoms with Crippen LogP contribution >= 0.6 is 0 Å². The second-order valence-corrected chi connectivity index (χ2v) is 4.10. The van der Waals surface area contributed by atoms with Crippen LogP contribution in [0.25, 0.3) is 20.9 Å². The van der Waals surface area contributed by atoms with Crippen LogP contribution in [-0.2, 0) is 4.74 Å². The maximum Gasteiger partial charge on any atom is 0.703 e. The maximum absolute atomic E-state index is 11.5. The summed E-state index contributed by atoms with van der Waals surface area (Å²) in [5, 5.41) is 40.3. The van der Waals surface area contributed by atoms with Crippen LogP contribution in [-0.4, -0.2) is 52.4 Å². The lowest BCUT2D eigenvalue weighted by Crippen LogP contribution is -2.54. The molecule has 0 aromatic rings. The first-order valence-corrected chi connectivity index (χ1v) is 6.10. The van der Waals surface area contributed by atoms with Gasteiger partial charge in [0.1, 0.15) is 6.61 Å². The molecule has 0 aliphatic carbocycles. The third-order valence-corrected chi connectivity index (χ3v) is 2.60. The molecule has 1 amide bonds. The van der Waals surface area contributed by atoms with E-state index >= 15 is 0 Å². The molecule has 0 aliphatic heterocycles. The van der Waals surface area contributed by atoms with Crippen molar-refractivity contribution in [3.63, 3.8) is 0 Å². The highest BCUT2D eigenvalue weighted by molar-refractivity contribution is 5.67. The predicted octanol–water partition coefficient (Wildman–Crippen LogP) is 0.576. The maximum atomic E-state index is 11.5. The number of nitrogens with one attached hydrogen (secondary N) is 1. The number of azide groups is 2. The van der Waals surface area contributed by atoms with Gasteiger partial charge in [0.25, 0.3) is 0 Å². The van der Waals surface area contributed by atoms with Gasteiger partial charge in [0.05, 0.1) is 0 Å². The van der Waals surface area contributed by atoms with Gasteiger partial charge in [-0.1, -0.05) is 10.2 Å². The smallest absolute Gasteiger partial charge is 0.449 e. The van der Waals surface area contributed by atoms with Gasteiger partial charge in [-0.2, -0.15) is 0 Å². The average molecular weight is 362 g/mol. The molecule has 0 aromatic heterocycles. The summed E-state index contributed by atoms with van der Waals surface area (Å²) in [5.41, 5.74) is 16.4. The van der Waals surface area contributed by atoms with Crippen molar-refractivity contribution < 1.29 is 24.3 Å². The molecule has 0 aliphatic rings. The first-order chi connectivity index (χ1) is 11.7. The molecule has 0 rings (SSSR count). The van der Waals surface area contributed by atoms with Gasteiger partial charge in [0.15, 0.2) is 14.8 Å².